The van der Waals surface area contributed by atoms with Gasteiger partial charge in [0.05, 0.1) is 34.3 Å². The lowest BCUT2D eigenvalue weighted by atomic mass is 10.1. The van der Waals surface area contributed by atoms with Crippen LogP contribution in [0.15, 0.2) is 102 Å². The molecule has 0 spiro atoms. The zero-order valence-corrected chi connectivity index (χ0v) is 24.4. The molecular formula is C32H23N3O9S. The summed E-state index contributed by atoms with van der Waals surface area (Å²) in [6.07, 6.45) is -1.38. The van der Waals surface area contributed by atoms with Crippen LogP contribution in [0.3, 0.4) is 0 Å². The van der Waals surface area contributed by atoms with Crippen molar-refractivity contribution < 1.29 is 41.9 Å². The highest BCUT2D eigenvalue weighted by atomic mass is 32.2. The third-order valence-corrected chi connectivity index (χ3v) is 8.72. The van der Waals surface area contributed by atoms with Gasteiger partial charge in [-0.1, -0.05) is 24.3 Å². The number of ether oxygens (including phenoxy) is 2. The smallest absolute Gasteiger partial charge is 0.434 e. The van der Waals surface area contributed by atoms with Crippen molar-refractivity contribution >= 4 is 61.4 Å². The summed E-state index contributed by atoms with van der Waals surface area (Å²) in [5, 5.41) is 1.38. The minimum atomic E-state index is -4.65. The fourth-order valence-electron chi connectivity index (χ4n) is 4.76. The van der Waals surface area contributed by atoms with E-state index >= 15 is 0 Å². The maximum Gasteiger partial charge on any atom is 0.434 e. The van der Waals surface area contributed by atoms with Gasteiger partial charge in [0.1, 0.15) is 5.75 Å². The SMILES string of the molecule is COc1ccc(N(C(=O)Oc2c3ccccc3nc3ccccc23)S(=O)(=O)c2ccc(C(=O)ON3C(=O)CCC3=O)cc2)cc1. The number of aromatic nitrogens is 1. The predicted octanol–water partition coefficient (Wildman–Crippen LogP) is 5.01. The largest absolute Gasteiger partial charge is 0.497 e. The van der Waals surface area contributed by atoms with Gasteiger partial charge in [-0.2, -0.15) is 4.31 Å². The molecule has 12 nitrogen and oxygen atoms in total. The van der Waals surface area contributed by atoms with Gasteiger partial charge < -0.3 is 14.3 Å². The summed E-state index contributed by atoms with van der Waals surface area (Å²) in [7, 11) is -3.21. The van der Waals surface area contributed by atoms with Gasteiger partial charge in [0, 0.05) is 23.6 Å². The van der Waals surface area contributed by atoms with Gasteiger partial charge in [-0.3, -0.25) is 9.59 Å². The first-order chi connectivity index (χ1) is 21.7. The third-order valence-electron chi connectivity index (χ3n) is 7.01. The van der Waals surface area contributed by atoms with Gasteiger partial charge in [-0.15, -0.1) is 5.06 Å². The normalized spacial score (nSPS) is 13.2. The van der Waals surface area contributed by atoms with Crippen molar-refractivity contribution in [3.8, 4) is 11.5 Å². The van der Waals surface area contributed by atoms with Crippen molar-refractivity contribution in [3.05, 3.63) is 103 Å². The monoisotopic (exact) mass is 625 g/mol. The van der Waals surface area contributed by atoms with E-state index in [0.717, 1.165) is 24.3 Å². The molecule has 0 saturated carbocycles. The Morgan fingerprint density at radius 2 is 1.33 bits per heavy atom. The number of methoxy groups -OCH3 is 1. The van der Waals surface area contributed by atoms with Crippen molar-refractivity contribution in [3.63, 3.8) is 0 Å². The average Bonchev–Trinajstić information content (AvgIpc) is 3.37. The average molecular weight is 626 g/mol. The summed E-state index contributed by atoms with van der Waals surface area (Å²) in [6, 6.07) is 24.2. The van der Waals surface area contributed by atoms with Crippen LogP contribution in [-0.2, 0) is 24.4 Å². The molecule has 45 heavy (non-hydrogen) atoms. The van der Waals surface area contributed by atoms with Gasteiger partial charge in [-0.25, -0.2) is 23.0 Å². The Morgan fingerprint density at radius 3 is 1.89 bits per heavy atom. The van der Waals surface area contributed by atoms with Crippen molar-refractivity contribution in [2.75, 3.05) is 11.4 Å². The summed E-state index contributed by atoms with van der Waals surface area (Å²) in [6.45, 7) is 0. The Balaban J connectivity index is 1.37. The first-order valence-corrected chi connectivity index (χ1v) is 15.0. The molecule has 4 aromatic carbocycles. The zero-order valence-electron chi connectivity index (χ0n) is 23.6. The molecule has 0 radical (unpaired) electrons. The molecule has 2 heterocycles. The number of para-hydroxylation sites is 2. The molecule has 5 aromatic rings. The van der Waals surface area contributed by atoms with E-state index in [1.54, 1.807) is 48.5 Å². The minimum Gasteiger partial charge on any atom is -0.497 e. The van der Waals surface area contributed by atoms with Gasteiger partial charge in [0.15, 0.2) is 5.75 Å². The molecular weight excluding hydrogens is 602 g/mol. The van der Waals surface area contributed by atoms with Crippen LogP contribution in [0.4, 0.5) is 10.5 Å². The Labute approximate surface area is 256 Å². The molecule has 1 aliphatic heterocycles. The van der Waals surface area contributed by atoms with E-state index in [0.29, 0.717) is 36.9 Å². The molecule has 1 fully saturated rings. The van der Waals surface area contributed by atoms with E-state index in [1.165, 1.54) is 31.4 Å². The van der Waals surface area contributed by atoms with Crippen LogP contribution in [0.25, 0.3) is 21.8 Å². The van der Waals surface area contributed by atoms with Crippen LogP contribution in [0.1, 0.15) is 23.2 Å². The first-order valence-electron chi connectivity index (χ1n) is 13.5. The predicted molar refractivity (Wildman–Crippen MR) is 161 cm³/mol. The Hall–Kier alpha value is -5.82. The van der Waals surface area contributed by atoms with Crippen LogP contribution >= 0.6 is 0 Å². The molecule has 0 aliphatic carbocycles. The highest BCUT2D eigenvalue weighted by Gasteiger charge is 2.35. The van der Waals surface area contributed by atoms with Gasteiger partial charge in [0.25, 0.3) is 21.8 Å². The number of hydrogen-bond acceptors (Lipinski definition) is 10. The standard InChI is InChI=1S/C32H23N3O9S/c1-42-22-14-12-21(13-15-22)35(32(39)43-30-24-6-2-4-8-26(24)33-27-9-5-3-7-25(27)30)45(40,41)23-16-10-20(11-17-23)31(38)44-34-28(36)18-19-29(34)37/h2-17H,18-19H2,1H3. The number of imide groups is 1. The molecule has 6 rings (SSSR count). The van der Waals surface area contributed by atoms with Crippen molar-refractivity contribution in [2.24, 2.45) is 0 Å². The molecule has 226 valence electrons. The molecule has 1 aromatic heterocycles. The van der Waals surface area contributed by atoms with Crippen molar-refractivity contribution in [2.45, 2.75) is 17.7 Å². The van der Waals surface area contributed by atoms with E-state index < -0.39 is 33.9 Å². The maximum atomic E-state index is 14.1. The van der Waals surface area contributed by atoms with Gasteiger partial charge in [0.2, 0.25) is 0 Å². The van der Waals surface area contributed by atoms with Gasteiger partial charge in [-0.05, 0) is 72.8 Å². The lowest BCUT2D eigenvalue weighted by Gasteiger charge is -2.23. The van der Waals surface area contributed by atoms with Crippen LogP contribution in [0.5, 0.6) is 11.5 Å². The van der Waals surface area contributed by atoms with Crippen molar-refractivity contribution in [1.82, 2.24) is 10.0 Å². The van der Waals surface area contributed by atoms with Gasteiger partial charge >= 0.3 is 12.1 Å². The number of carbonyl (C=O) groups is 4. The molecule has 0 unspecified atom stereocenters. The van der Waals surface area contributed by atoms with Crippen molar-refractivity contribution in [1.29, 1.82) is 0 Å². The van der Waals surface area contributed by atoms with E-state index in [4.69, 9.17) is 14.3 Å². The lowest BCUT2D eigenvalue weighted by Crippen LogP contribution is -2.39. The molecule has 3 amide bonds. The van der Waals surface area contributed by atoms with Crippen LogP contribution < -0.4 is 13.8 Å². The van der Waals surface area contributed by atoms with E-state index in [2.05, 4.69) is 4.98 Å². The maximum absolute atomic E-state index is 14.1. The van der Waals surface area contributed by atoms with Crippen LogP contribution in [0, 0.1) is 0 Å². The highest BCUT2D eigenvalue weighted by molar-refractivity contribution is 7.93. The molecule has 0 atom stereocenters. The number of fused-ring (bicyclic) bond motifs is 2. The number of rotatable bonds is 7. The summed E-state index contributed by atoms with van der Waals surface area (Å²) in [4.78, 5) is 59.3. The second-order valence-corrected chi connectivity index (χ2v) is 11.6. The fraction of sp³-hybridized carbons (Fsp3) is 0.0938. The summed E-state index contributed by atoms with van der Waals surface area (Å²) in [5.74, 6) is -1.80. The van der Waals surface area contributed by atoms with E-state index in [1.807, 2.05) is 0 Å². The molecule has 0 N–H and O–H groups in total. The zero-order chi connectivity index (χ0) is 31.7. The highest BCUT2D eigenvalue weighted by Crippen LogP contribution is 2.35. The molecule has 1 saturated heterocycles. The topological polar surface area (TPSA) is 149 Å². The Bertz CT molecular complexity index is 2030. The molecule has 13 heteroatoms. The number of amides is 3. The number of benzene rings is 4. The number of hydroxylamine groups is 2. The summed E-state index contributed by atoms with van der Waals surface area (Å²) in [5.41, 5.74) is 0.906. The quantitative estimate of drug-likeness (QED) is 0.178. The fourth-order valence-corrected chi connectivity index (χ4v) is 6.09. The first kappa shape index (κ1) is 29.3. The number of hydrogen-bond donors (Lipinski definition) is 0. The second-order valence-electron chi connectivity index (χ2n) is 9.80. The van der Waals surface area contributed by atoms with Crippen LogP contribution in [-0.4, -0.2) is 49.5 Å². The molecule has 0 bridgehead atoms. The van der Waals surface area contributed by atoms with E-state index in [9.17, 15) is 27.6 Å². The number of anilines is 1. The number of sulfonamides is 1. The molecule has 1 aliphatic rings. The minimum absolute atomic E-state index is 0.0435. The Morgan fingerprint density at radius 1 is 0.778 bits per heavy atom. The second kappa shape index (κ2) is 11.7. The summed E-state index contributed by atoms with van der Waals surface area (Å²) < 4.78 is 39.7. The summed E-state index contributed by atoms with van der Waals surface area (Å²) >= 11 is 0. The van der Waals surface area contributed by atoms with E-state index in [-0.39, 0.29) is 34.7 Å². The number of nitrogens with zero attached hydrogens (tertiary/aromatic N) is 3. The lowest BCUT2D eigenvalue weighted by molar-refractivity contribution is -0.172. The number of carbonyl (C=O) groups excluding carboxylic acids is 4. The number of pyridine rings is 1. The Kier molecular flexibility index (Phi) is 7.60. The third kappa shape index (κ3) is 5.52. The van der Waals surface area contributed by atoms with Crippen LogP contribution in [0.2, 0.25) is 0 Å².